The van der Waals surface area contributed by atoms with Crippen LogP contribution in [0.4, 0.5) is 11.9 Å². The Bertz CT molecular complexity index is 1790. The van der Waals surface area contributed by atoms with Crippen LogP contribution in [0.1, 0.15) is 128 Å². The van der Waals surface area contributed by atoms with Crippen molar-refractivity contribution in [3.63, 3.8) is 0 Å². The molecule has 0 aromatic carbocycles. The number of likely N-dealkylation sites (tertiary alicyclic amines) is 2. The van der Waals surface area contributed by atoms with Crippen LogP contribution in [0.15, 0.2) is 24.8 Å². The molecule has 0 radical (unpaired) electrons. The van der Waals surface area contributed by atoms with Crippen LogP contribution in [0, 0.1) is 46.3 Å². The number of anilines is 2. The Hall–Kier alpha value is -3.38. The number of nitrogens with zero attached hydrogens (tertiary/aromatic N) is 8. The molecule has 6 unspecified atom stereocenters. The van der Waals surface area contributed by atoms with Crippen molar-refractivity contribution < 1.29 is 19.8 Å². The molecule has 6 atom stereocenters. The summed E-state index contributed by atoms with van der Waals surface area (Å²) in [4.78, 5) is 55.4. The lowest BCUT2D eigenvalue weighted by atomic mass is 9.51. The predicted molar refractivity (Wildman–Crippen MR) is 228 cm³/mol. The molecule has 2 N–H and O–H groups in total. The van der Waals surface area contributed by atoms with Gasteiger partial charge in [0.15, 0.2) is 0 Å². The van der Waals surface area contributed by atoms with Crippen molar-refractivity contribution in [3.8, 4) is 0 Å². The summed E-state index contributed by atoms with van der Waals surface area (Å²) in [5.41, 5.74) is 1.81. The van der Waals surface area contributed by atoms with E-state index >= 15 is 0 Å². The lowest BCUT2D eigenvalue weighted by Crippen LogP contribution is -2.65. The predicted octanol–water partition coefficient (Wildman–Crippen LogP) is 5.60. The van der Waals surface area contributed by atoms with Gasteiger partial charge in [-0.25, -0.2) is 19.9 Å². The van der Waals surface area contributed by atoms with Crippen LogP contribution in [0.25, 0.3) is 0 Å². The molecule has 324 valence electrons. The fourth-order valence-corrected chi connectivity index (χ4v) is 15.9. The highest BCUT2D eigenvalue weighted by molar-refractivity contribution is 5.87. The zero-order valence-corrected chi connectivity index (χ0v) is 36.2. The molecule has 8 saturated carbocycles. The molecule has 4 aliphatic heterocycles. The maximum atomic E-state index is 14.0. The number of hydrogen-bond donors (Lipinski definition) is 2. The van der Waals surface area contributed by atoms with E-state index in [1.54, 1.807) is 0 Å². The molecule has 14 rings (SSSR count). The lowest BCUT2D eigenvalue weighted by molar-refractivity contribution is -0.168. The van der Waals surface area contributed by atoms with Crippen molar-refractivity contribution in [3.05, 3.63) is 35.9 Å². The number of amides is 2. The minimum absolute atomic E-state index is 0.0257. The van der Waals surface area contributed by atoms with Crippen molar-refractivity contribution >= 4 is 23.7 Å². The molecule has 12 aliphatic rings. The number of aryl methyl sites for hydroxylation is 2. The van der Waals surface area contributed by atoms with Crippen LogP contribution in [-0.2, 0) is 22.4 Å². The molecule has 8 aliphatic carbocycles. The SMILES string of the molecule is CCc1cnc(N2CCCC3(CCN(C45CC6CC(C4)C(O)C(C6)C5)C3=O)C2)nc1.CCc1cnc(N2CCCC3(CCN(C45CC6CC(C4)C(O)C(C6)C5)C3=O)C2)nc1. The van der Waals surface area contributed by atoms with Crippen molar-refractivity contribution in [2.75, 3.05) is 49.1 Å². The molecule has 6 heterocycles. The molecule has 2 aromatic heterocycles. The second kappa shape index (κ2) is 14.6. The highest BCUT2D eigenvalue weighted by Crippen LogP contribution is 2.61. The molecule has 12 nitrogen and oxygen atoms in total. The Kier molecular flexibility index (Phi) is 9.60. The molecule has 60 heavy (non-hydrogen) atoms. The highest BCUT2D eigenvalue weighted by Gasteiger charge is 2.64. The van der Waals surface area contributed by atoms with Crippen molar-refractivity contribution in [1.82, 2.24) is 29.7 Å². The van der Waals surface area contributed by atoms with Crippen LogP contribution >= 0.6 is 0 Å². The van der Waals surface area contributed by atoms with Crippen LogP contribution in [0.5, 0.6) is 0 Å². The minimum Gasteiger partial charge on any atom is -0.393 e. The fourth-order valence-electron chi connectivity index (χ4n) is 15.9. The van der Waals surface area contributed by atoms with Gasteiger partial charge in [0.25, 0.3) is 0 Å². The number of aliphatic hydroxyl groups is 2. The summed E-state index contributed by atoms with van der Waals surface area (Å²) >= 11 is 0. The number of aromatic nitrogens is 4. The molecule has 2 spiro atoms. The third kappa shape index (κ3) is 6.24. The van der Waals surface area contributed by atoms with Crippen LogP contribution in [-0.4, -0.2) is 114 Å². The smallest absolute Gasteiger partial charge is 0.231 e. The quantitative estimate of drug-likeness (QED) is 0.379. The molecule has 2 amide bonds. The van der Waals surface area contributed by atoms with Crippen LogP contribution in [0.2, 0.25) is 0 Å². The van der Waals surface area contributed by atoms with E-state index in [4.69, 9.17) is 0 Å². The van der Waals surface area contributed by atoms with Gasteiger partial charge >= 0.3 is 0 Å². The second-order valence-corrected chi connectivity index (χ2v) is 21.9. The van der Waals surface area contributed by atoms with Gasteiger partial charge in [-0.3, -0.25) is 9.59 Å². The summed E-state index contributed by atoms with van der Waals surface area (Å²) in [6.45, 7) is 9.39. The summed E-state index contributed by atoms with van der Waals surface area (Å²) in [5, 5.41) is 21.3. The van der Waals surface area contributed by atoms with E-state index in [1.807, 2.05) is 24.8 Å². The summed E-state index contributed by atoms with van der Waals surface area (Å²) in [6.07, 6.45) is 26.4. The van der Waals surface area contributed by atoms with Gasteiger partial charge in [-0.1, -0.05) is 13.8 Å². The van der Waals surface area contributed by atoms with E-state index in [2.05, 4.69) is 53.4 Å². The van der Waals surface area contributed by atoms with Gasteiger partial charge in [-0.05, 0) is 162 Å². The lowest BCUT2D eigenvalue weighted by Gasteiger charge is -2.61. The van der Waals surface area contributed by atoms with E-state index in [1.165, 1.54) is 38.5 Å². The molecule has 4 saturated heterocycles. The molecule has 8 bridgehead atoms. The largest absolute Gasteiger partial charge is 0.393 e. The van der Waals surface area contributed by atoms with Gasteiger partial charge in [-0.2, -0.15) is 0 Å². The number of hydrogen-bond acceptors (Lipinski definition) is 10. The van der Waals surface area contributed by atoms with E-state index in [0.29, 0.717) is 47.3 Å². The average Bonchev–Trinajstić information content (AvgIpc) is 3.75. The van der Waals surface area contributed by atoms with Gasteiger partial charge in [-0.15, -0.1) is 0 Å². The van der Waals surface area contributed by atoms with Gasteiger partial charge in [0.1, 0.15) is 0 Å². The first-order chi connectivity index (χ1) is 29.0. The third-order valence-corrected chi connectivity index (χ3v) is 18.5. The van der Waals surface area contributed by atoms with E-state index in [0.717, 1.165) is 139 Å². The maximum absolute atomic E-state index is 14.0. The number of aliphatic hydroxyl groups excluding tert-OH is 2. The van der Waals surface area contributed by atoms with E-state index < -0.39 is 0 Å². The standard InChI is InChI=1S/2C24H34N4O2/c2*1-2-16-13-25-22(26-14-16)27-6-3-4-23(15-27)5-7-28(21(23)30)24-10-17-8-18(11-24)20(29)19(9-17)12-24/h2*13-14,17-20,29H,2-12,15H2,1H3. The first-order valence-corrected chi connectivity index (χ1v) is 24.2. The fraction of sp³-hybridized carbons (Fsp3) is 0.792. The van der Waals surface area contributed by atoms with Crippen LogP contribution < -0.4 is 9.80 Å². The van der Waals surface area contributed by atoms with Gasteiger partial charge in [0.05, 0.1) is 23.0 Å². The van der Waals surface area contributed by atoms with Gasteiger partial charge < -0.3 is 29.8 Å². The summed E-state index contributed by atoms with van der Waals surface area (Å²) in [7, 11) is 0. The molecule has 12 heteroatoms. The Morgan fingerprint density at radius 2 is 0.917 bits per heavy atom. The maximum Gasteiger partial charge on any atom is 0.231 e. The van der Waals surface area contributed by atoms with Crippen LogP contribution in [0.3, 0.4) is 0 Å². The third-order valence-electron chi connectivity index (χ3n) is 18.5. The van der Waals surface area contributed by atoms with E-state index in [9.17, 15) is 19.8 Å². The number of carbonyl (C=O) groups excluding carboxylic acids is 2. The van der Waals surface area contributed by atoms with Gasteiger partial charge in [0.2, 0.25) is 23.7 Å². The number of carbonyl (C=O) groups is 2. The Balaban J connectivity index is 0.000000136. The zero-order valence-electron chi connectivity index (χ0n) is 36.2. The molecular weight excluding hydrogens is 753 g/mol. The van der Waals surface area contributed by atoms with Gasteiger partial charge in [0, 0.05) is 75.1 Å². The van der Waals surface area contributed by atoms with Crippen molar-refractivity contribution in [1.29, 1.82) is 0 Å². The molecule has 2 aromatic rings. The second-order valence-electron chi connectivity index (χ2n) is 21.9. The van der Waals surface area contributed by atoms with Crippen molar-refractivity contribution in [2.45, 2.75) is 153 Å². The first kappa shape index (κ1) is 39.5. The average molecular weight is 821 g/mol. The number of piperidine rings is 2. The Morgan fingerprint density at radius 1 is 0.550 bits per heavy atom. The molecular formula is C48H68N8O4. The monoisotopic (exact) mass is 821 g/mol. The molecule has 12 fully saturated rings. The Labute approximate surface area is 356 Å². The normalized spacial score (nSPS) is 42.5. The number of rotatable bonds is 6. The summed E-state index contributed by atoms with van der Waals surface area (Å²) in [5.74, 6) is 5.38. The summed E-state index contributed by atoms with van der Waals surface area (Å²) < 4.78 is 0. The summed E-state index contributed by atoms with van der Waals surface area (Å²) in [6, 6.07) is 0. The topological polar surface area (TPSA) is 139 Å². The highest BCUT2D eigenvalue weighted by atomic mass is 16.3. The van der Waals surface area contributed by atoms with Crippen molar-refractivity contribution in [2.24, 2.45) is 46.3 Å². The zero-order chi connectivity index (χ0) is 41.0. The van der Waals surface area contributed by atoms with E-state index in [-0.39, 0.29) is 34.1 Å². The first-order valence-electron chi connectivity index (χ1n) is 24.2. The minimum atomic E-state index is -0.271. The Morgan fingerprint density at radius 3 is 1.27 bits per heavy atom.